The maximum absolute atomic E-state index is 12.0. The molecule has 0 saturated carbocycles. The van der Waals surface area contributed by atoms with Gasteiger partial charge in [-0.05, 0) is 49.6 Å². The second-order valence-electron chi connectivity index (χ2n) is 4.74. The van der Waals surface area contributed by atoms with Gasteiger partial charge in [-0.1, -0.05) is 6.07 Å². The Hall–Kier alpha value is -1.86. The minimum atomic E-state index is -3.55. The van der Waals surface area contributed by atoms with Crippen LogP contribution in [0.25, 0.3) is 0 Å². The number of hydrogen-bond donors (Lipinski definition) is 2. The first-order valence-electron chi connectivity index (χ1n) is 6.36. The SMILES string of the molecule is CC(C)NC(=O)c1ccc(NS(=O)(=O)c2cccs2)cc1. The smallest absolute Gasteiger partial charge is 0.271 e. The van der Waals surface area contributed by atoms with Crippen molar-refractivity contribution in [2.45, 2.75) is 24.1 Å². The number of benzene rings is 1. The molecule has 0 saturated heterocycles. The van der Waals surface area contributed by atoms with Crippen LogP contribution in [0.1, 0.15) is 24.2 Å². The first-order valence-corrected chi connectivity index (χ1v) is 8.72. The summed E-state index contributed by atoms with van der Waals surface area (Å²) < 4.78 is 26.8. The Morgan fingerprint density at radius 2 is 1.81 bits per heavy atom. The number of carbonyl (C=O) groups is 1. The van der Waals surface area contributed by atoms with E-state index in [0.29, 0.717) is 11.3 Å². The molecule has 1 aromatic heterocycles. The monoisotopic (exact) mass is 324 g/mol. The average molecular weight is 324 g/mol. The van der Waals surface area contributed by atoms with Gasteiger partial charge in [-0.25, -0.2) is 8.42 Å². The summed E-state index contributed by atoms with van der Waals surface area (Å²) in [6.07, 6.45) is 0. The fourth-order valence-electron chi connectivity index (χ4n) is 1.66. The first kappa shape index (κ1) is 15.5. The average Bonchev–Trinajstić information content (AvgIpc) is 2.93. The van der Waals surface area contributed by atoms with E-state index in [-0.39, 0.29) is 16.2 Å². The third kappa shape index (κ3) is 4.05. The van der Waals surface area contributed by atoms with Crippen LogP contribution in [0, 0.1) is 0 Å². The molecule has 0 aliphatic carbocycles. The van der Waals surface area contributed by atoms with Crippen LogP contribution in [-0.4, -0.2) is 20.4 Å². The van der Waals surface area contributed by atoms with Crippen LogP contribution in [0.5, 0.6) is 0 Å². The number of rotatable bonds is 5. The molecule has 1 heterocycles. The molecule has 0 spiro atoms. The molecule has 0 radical (unpaired) electrons. The first-order chi connectivity index (χ1) is 9.88. The zero-order valence-electron chi connectivity index (χ0n) is 11.7. The Bertz CT molecular complexity index is 705. The molecule has 7 heteroatoms. The Morgan fingerprint density at radius 1 is 1.14 bits per heavy atom. The molecule has 0 unspecified atom stereocenters. The molecule has 0 bridgehead atoms. The molecular weight excluding hydrogens is 308 g/mol. The lowest BCUT2D eigenvalue weighted by Gasteiger charge is -2.09. The fraction of sp³-hybridized carbons (Fsp3) is 0.214. The van der Waals surface area contributed by atoms with Crippen LogP contribution in [0.15, 0.2) is 46.0 Å². The van der Waals surface area contributed by atoms with Gasteiger partial charge in [0.05, 0.1) is 0 Å². The number of sulfonamides is 1. The lowest BCUT2D eigenvalue weighted by Crippen LogP contribution is -2.29. The number of anilines is 1. The Labute approximate surface area is 128 Å². The molecule has 5 nitrogen and oxygen atoms in total. The van der Waals surface area contributed by atoms with E-state index < -0.39 is 10.0 Å². The molecule has 2 aromatic rings. The Kier molecular flexibility index (Phi) is 4.64. The normalized spacial score (nSPS) is 11.4. The minimum Gasteiger partial charge on any atom is -0.350 e. The van der Waals surface area contributed by atoms with E-state index >= 15 is 0 Å². The maximum Gasteiger partial charge on any atom is 0.271 e. The van der Waals surface area contributed by atoms with Gasteiger partial charge in [0.2, 0.25) is 0 Å². The van der Waals surface area contributed by atoms with Gasteiger partial charge in [0.15, 0.2) is 0 Å². The Balaban J connectivity index is 2.11. The zero-order chi connectivity index (χ0) is 15.5. The largest absolute Gasteiger partial charge is 0.350 e. The highest BCUT2D eigenvalue weighted by molar-refractivity contribution is 7.94. The topological polar surface area (TPSA) is 75.3 Å². The summed E-state index contributed by atoms with van der Waals surface area (Å²) in [6.45, 7) is 3.75. The fourth-order valence-corrected chi connectivity index (χ4v) is 3.71. The zero-order valence-corrected chi connectivity index (χ0v) is 13.3. The maximum atomic E-state index is 12.0. The van der Waals surface area contributed by atoms with Crippen molar-refractivity contribution in [3.63, 3.8) is 0 Å². The summed E-state index contributed by atoms with van der Waals surface area (Å²) in [7, 11) is -3.55. The second kappa shape index (κ2) is 6.28. The van der Waals surface area contributed by atoms with Gasteiger partial charge < -0.3 is 5.32 Å². The molecule has 0 aliphatic heterocycles. The standard InChI is InChI=1S/C14H16N2O3S2/c1-10(2)15-14(17)11-5-7-12(8-6-11)16-21(18,19)13-4-3-9-20-13/h3-10,16H,1-2H3,(H,15,17). The van der Waals surface area contributed by atoms with Crippen molar-refractivity contribution in [3.05, 3.63) is 47.3 Å². The van der Waals surface area contributed by atoms with E-state index in [4.69, 9.17) is 0 Å². The quantitative estimate of drug-likeness (QED) is 0.888. The van der Waals surface area contributed by atoms with Crippen molar-refractivity contribution in [2.24, 2.45) is 0 Å². The van der Waals surface area contributed by atoms with Crippen LogP contribution in [0.2, 0.25) is 0 Å². The van der Waals surface area contributed by atoms with Crippen molar-refractivity contribution < 1.29 is 13.2 Å². The van der Waals surface area contributed by atoms with Crippen molar-refractivity contribution in [1.29, 1.82) is 0 Å². The van der Waals surface area contributed by atoms with Crippen LogP contribution >= 0.6 is 11.3 Å². The third-order valence-electron chi connectivity index (χ3n) is 2.58. The minimum absolute atomic E-state index is 0.0505. The van der Waals surface area contributed by atoms with Crippen LogP contribution in [0.4, 0.5) is 5.69 Å². The predicted molar refractivity (Wildman–Crippen MR) is 84.2 cm³/mol. The number of thiophene rings is 1. The van der Waals surface area contributed by atoms with Gasteiger partial charge >= 0.3 is 0 Å². The van der Waals surface area contributed by atoms with E-state index in [1.54, 1.807) is 35.7 Å². The molecule has 1 aromatic carbocycles. The molecule has 1 amide bonds. The molecule has 0 atom stereocenters. The van der Waals surface area contributed by atoms with Gasteiger partial charge in [0.1, 0.15) is 4.21 Å². The number of nitrogens with one attached hydrogen (secondary N) is 2. The van der Waals surface area contributed by atoms with Crippen LogP contribution < -0.4 is 10.0 Å². The van der Waals surface area contributed by atoms with E-state index in [0.717, 1.165) is 11.3 Å². The lowest BCUT2D eigenvalue weighted by molar-refractivity contribution is 0.0943. The van der Waals surface area contributed by atoms with Crippen molar-refractivity contribution in [3.8, 4) is 0 Å². The number of hydrogen-bond acceptors (Lipinski definition) is 4. The third-order valence-corrected chi connectivity index (χ3v) is 5.36. The van der Waals surface area contributed by atoms with Gasteiger partial charge in [-0.15, -0.1) is 11.3 Å². The van der Waals surface area contributed by atoms with Gasteiger partial charge in [0, 0.05) is 17.3 Å². The molecule has 2 N–H and O–H groups in total. The van der Waals surface area contributed by atoms with E-state index in [1.165, 1.54) is 6.07 Å². The molecule has 2 rings (SSSR count). The van der Waals surface area contributed by atoms with Crippen molar-refractivity contribution in [1.82, 2.24) is 5.32 Å². The highest BCUT2D eigenvalue weighted by Gasteiger charge is 2.15. The highest BCUT2D eigenvalue weighted by atomic mass is 32.2. The highest BCUT2D eigenvalue weighted by Crippen LogP contribution is 2.20. The number of amides is 1. The van der Waals surface area contributed by atoms with E-state index in [9.17, 15) is 13.2 Å². The Morgan fingerprint density at radius 3 is 2.33 bits per heavy atom. The van der Waals surface area contributed by atoms with Crippen LogP contribution in [0.3, 0.4) is 0 Å². The summed E-state index contributed by atoms with van der Waals surface area (Å²) in [4.78, 5) is 11.8. The van der Waals surface area contributed by atoms with Crippen LogP contribution in [-0.2, 0) is 10.0 Å². The van der Waals surface area contributed by atoms with E-state index in [2.05, 4.69) is 10.0 Å². The summed E-state index contributed by atoms with van der Waals surface area (Å²) in [6, 6.07) is 9.58. The lowest BCUT2D eigenvalue weighted by atomic mass is 10.2. The molecule has 112 valence electrons. The summed E-state index contributed by atoms with van der Waals surface area (Å²) in [5.74, 6) is -0.183. The second-order valence-corrected chi connectivity index (χ2v) is 7.60. The van der Waals surface area contributed by atoms with Gasteiger partial charge in [-0.2, -0.15) is 0 Å². The van der Waals surface area contributed by atoms with Crippen molar-refractivity contribution >= 4 is 33.0 Å². The van der Waals surface area contributed by atoms with Gasteiger partial charge in [-0.3, -0.25) is 9.52 Å². The predicted octanol–water partition coefficient (Wildman–Crippen LogP) is 2.69. The summed E-state index contributed by atoms with van der Waals surface area (Å²) in [5.41, 5.74) is 0.910. The van der Waals surface area contributed by atoms with Gasteiger partial charge in [0.25, 0.3) is 15.9 Å². The molecule has 0 fully saturated rings. The summed E-state index contributed by atoms with van der Waals surface area (Å²) >= 11 is 1.15. The van der Waals surface area contributed by atoms with E-state index in [1.807, 2.05) is 13.8 Å². The van der Waals surface area contributed by atoms with Crippen molar-refractivity contribution in [2.75, 3.05) is 4.72 Å². The molecule has 21 heavy (non-hydrogen) atoms. The number of carbonyl (C=O) groups excluding carboxylic acids is 1. The molecular formula is C14H16N2O3S2. The summed E-state index contributed by atoms with van der Waals surface area (Å²) in [5, 5.41) is 4.48. The molecule has 0 aliphatic rings.